The first-order chi connectivity index (χ1) is 9.79. The van der Waals surface area contributed by atoms with Gasteiger partial charge < -0.3 is 14.5 Å². The van der Waals surface area contributed by atoms with E-state index < -0.39 is 0 Å². The Hall–Kier alpha value is -2.20. The molecular formula is C15H11ClN2O2. The molecule has 0 radical (unpaired) electrons. The largest absolute Gasteiger partial charge is 0.477 e. The summed E-state index contributed by atoms with van der Waals surface area (Å²) in [5.41, 5.74) is 2.45. The van der Waals surface area contributed by atoms with Gasteiger partial charge in [-0.05, 0) is 24.3 Å². The Morgan fingerprint density at radius 2 is 2.10 bits per heavy atom. The molecule has 20 heavy (non-hydrogen) atoms. The number of halogens is 1. The van der Waals surface area contributed by atoms with Gasteiger partial charge in [-0.3, -0.25) is 0 Å². The lowest BCUT2D eigenvalue weighted by atomic mass is 10.2. The quantitative estimate of drug-likeness (QED) is 0.734. The average molecular weight is 287 g/mol. The molecule has 0 bridgehead atoms. The van der Waals surface area contributed by atoms with Crippen LogP contribution in [0, 0.1) is 0 Å². The maximum absolute atomic E-state index is 5.95. The fourth-order valence-corrected chi connectivity index (χ4v) is 2.47. The summed E-state index contributed by atoms with van der Waals surface area (Å²) >= 11 is 5.95. The first-order valence-corrected chi connectivity index (χ1v) is 6.73. The SMILES string of the molecule is Clc1ccc2nc(C3CNc4ccccc4O3)oc2c1. The normalized spacial score (nSPS) is 17.4. The highest BCUT2D eigenvalue weighted by molar-refractivity contribution is 6.31. The van der Waals surface area contributed by atoms with E-state index in [4.69, 9.17) is 20.8 Å². The van der Waals surface area contributed by atoms with Crippen LogP contribution >= 0.6 is 11.6 Å². The molecule has 1 aromatic heterocycles. The molecule has 0 amide bonds. The Morgan fingerprint density at radius 3 is 3.05 bits per heavy atom. The van der Waals surface area contributed by atoms with Gasteiger partial charge in [0.2, 0.25) is 5.89 Å². The zero-order valence-electron chi connectivity index (χ0n) is 10.5. The molecule has 1 atom stereocenters. The van der Waals surface area contributed by atoms with Gasteiger partial charge in [-0.15, -0.1) is 0 Å². The Labute approximate surface area is 120 Å². The van der Waals surface area contributed by atoms with E-state index in [1.54, 1.807) is 12.1 Å². The Bertz CT molecular complexity index is 784. The number of rotatable bonds is 1. The van der Waals surface area contributed by atoms with Gasteiger partial charge >= 0.3 is 0 Å². The fourth-order valence-electron chi connectivity index (χ4n) is 2.30. The minimum atomic E-state index is -0.240. The number of ether oxygens (including phenoxy) is 1. The van der Waals surface area contributed by atoms with Crippen LogP contribution in [0.5, 0.6) is 5.75 Å². The Balaban J connectivity index is 1.70. The van der Waals surface area contributed by atoms with Crippen LogP contribution in [-0.2, 0) is 0 Å². The summed E-state index contributed by atoms with van der Waals surface area (Å²) in [6, 6.07) is 13.2. The maximum Gasteiger partial charge on any atom is 0.238 e. The van der Waals surface area contributed by atoms with Crippen molar-refractivity contribution in [2.75, 3.05) is 11.9 Å². The minimum absolute atomic E-state index is 0.240. The molecule has 0 saturated carbocycles. The van der Waals surface area contributed by atoms with Gasteiger partial charge in [0, 0.05) is 11.1 Å². The zero-order chi connectivity index (χ0) is 13.5. The van der Waals surface area contributed by atoms with Crippen LogP contribution < -0.4 is 10.1 Å². The van der Waals surface area contributed by atoms with Crippen LogP contribution in [0.2, 0.25) is 5.02 Å². The number of fused-ring (bicyclic) bond motifs is 2. The third kappa shape index (κ3) is 1.89. The van der Waals surface area contributed by atoms with Crippen molar-refractivity contribution in [3.8, 4) is 5.75 Å². The van der Waals surface area contributed by atoms with Crippen molar-refractivity contribution in [3.05, 3.63) is 53.4 Å². The van der Waals surface area contributed by atoms with Crippen molar-refractivity contribution in [3.63, 3.8) is 0 Å². The summed E-state index contributed by atoms with van der Waals surface area (Å²) in [7, 11) is 0. The second-order valence-corrected chi connectivity index (χ2v) is 5.08. The summed E-state index contributed by atoms with van der Waals surface area (Å²) < 4.78 is 11.7. The topological polar surface area (TPSA) is 47.3 Å². The molecule has 0 spiro atoms. The minimum Gasteiger partial charge on any atom is -0.477 e. The highest BCUT2D eigenvalue weighted by Crippen LogP contribution is 2.34. The third-order valence-corrected chi connectivity index (χ3v) is 3.51. The molecule has 1 aliphatic heterocycles. The zero-order valence-corrected chi connectivity index (χ0v) is 11.2. The summed E-state index contributed by atoms with van der Waals surface area (Å²) in [5, 5.41) is 3.95. The van der Waals surface area contributed by atoms with Crippen LogP contribution in [0.25, 0.3) is 11.1 Å². The second kappa shape index (κ2) is 4.42. The molecule has 0 aliphatic carbocycles. The van der Waals surface area contributed by atoms with E-state index in [2.05, 4.69) is 10.3 Å². The lowest BCUT2D eigenvalue weighted by Gasteiger charge is -2.25. The molecule has 5 heteroatoms. The van der Waals surface area contributed by atoms with Crippen molar-refractivity contribution < 1.29 is 9.15 Å². The van der Waals surface area contributed by atoms with Crippen LogP contribution in [0.15, 0.2) is 46.9 Å². The summed E-state index contributed by atoms with van der Waals surface area (Å²) in [6.07, 6.45) is -0.240. The van der Waals surface area contributed by atoms with E-state index in [0.717, 1.165) is 17.0 Å². The Morgan fingerprint density at radius 1 is 1.20 bits per heavy atom. The van der Waals surface area contributed by atoms with Crippen molar-refractivity contribution >= 4 is 28.4 Å². The maximum atomic E-state index is 5.95. The van der Waals surface area contributed by atoms with Crippen LogP contribution in [0.3, 0.4) is 0 Å². The summed E-state index contributed by atoms with van der Waals surface area (Å²) in [4.78, 5) is 4.46. The lowest BCUT2D eigenvalue weighted by molar-refractivity contribution is 0.177. The number of benzene rings is 2. The molecule has 4 rings (SSSR count). The summed E-state index contributed by atoms with van der Waals surface area (Å²) in [6.45, 7) is 0.623. The predicted octanol–water partition coefficient (Wildman–Crippen LogP) is 4.03. The van der Waals surface area contributed by atoms with Crippen molar-refractivity contribution in [2.24, 2.45) is 0 Å². The number of nitrogens with zero attached hydrogens (tertiary/aromatic N) is 1. The van der Waals surface area contributed by atoms with E-state index in [-0.39, 0.29) is 6.10 Å². The number of oxazole rings is 1. The molecule has 1 N–H and O–H groups in total. The number of para-hydroxylation sites is 2. The number of anilines is 1. The van der Waals surface area contributed by atoms with Gasteiger partial charge in [0.25, 0.3) is 0 Å². The highest BCUT2D eigenvalue weighted by atomic mass is 35.5. The standard InChI is InChI=1S/C15H11ClN2O2/c16-9-5-6-11-13(7-9)20-15(18-11)14-8-17-10-3-1-2-4-12(10)19-14/h1-7,14,17H,8H2. The van der Waals surface area contributed by atoms with E-state index in [1.807, 2.05) is 30.3 Å². The number of aromatic nitrogens is 1. The van der Waals surface area contributed by atoms with E-state index in [0.29, 0.717) is 23.0 Å². The molecule has 1 aliphatic rings. The molecule has 2 aromatic carbocycles. The summed E-state index contributed by atoms with van der Waals surface area (Å²) in [5.74, 6) is 1.37. The van der Waals surface area contributed by atoms with Gasteiger partial charge in [-0.1, -0.05) is 23.7 Å². The molecule has 4 nitrogen and oxygen atoms in total. The van der Waals surface area contributed by atoms with Crippen molar-refractivity contribution in [2.45, 2.75) is 6.10 Å². The molecule has 2 heterocycles. The molecule has 100 valence electrons. The third-order valence-electron chi connectivity index (χ3n) is 3.28. The first-order valence-electron chi connectivity index (χ1n) is 6.35. The van der Waals surface area contributed by atoms with Crippen LogP contribution in [0.1, 0.15) is 12.0 Å². The second-order valence-electron chi connectivity index (χ2n) is 4.65. The van der Waals surface area contributed by atoms with Gasteiger partial charge in [0.05, 0.1) is 12.2 Å². The lowest BCUT2D eigenvalue weighted by Crippen LogP contribution is -2.23. The predicted molar refractivity (Wildman–Crippen MR) is 77.3 cm³/mol. The molecule has 1 unspecified atom stereocenters. The van der Waals surface area contributed by atoms with Gasteiger partial charge in [-0.25, -0.2) is 4.98 Å². The van der Waals surface area contributed by atoms with Gasteiger partial charge in [0.15, 0.2) is 11.7 Å². The molecule has 0 fully saturated rings. The number of hydrogen-bond acceptors (Lipinski definition) is 4. The number of nitrogens with one attached hydrogen (secondary N) is 1. The van der Waals surface area contributed by atoms with Crippen LogP contribution in [0.4, 0.5) is 5.69 Å². The van der Waals surface area contributed by atoms with E-state index in [9.17, 15) is 0 Å². The number of hydrogen-bond donors (Lipinski definition) is 1. The first kappa shape index (κ1) is 11.6. The van der Waals surface area contributed by atoms with Gasteiger partial charge in [-0.2, -0.15) is 0 Å². The van der Waals surface area contributed by atoms with Crippen molar-refractivity contribution in [1.82, 2.24) is 4.98 Å². The molecular weight excluding hydrogens is 276 g/mol. The van der Waals surface area contributed by atoms with Crippen molar-refractivity contribution in [1.29, 1.82) is 0 Å². The van der Waals surface area contributed by atoms with Crippen LogP contribution in [-0.4, -0.2) is 11.5 Å². The van der Waals surface area contributed by atoms with E-state index >= 15 is 0 Å². The van der Waals surface area contributed by atoms with E-state index in [1.165, 1.54) is 0 Å². The average Bonchev–Trinajstić information content (AvgIpc) is 2.89. The fraction of sp³-hybridized carbons (Fsp3) is 0.133. The highest BCUT2D eigenvalue weighted by Gasteiger charge is 2.25. The Kier molecular flexibility index (Phi) is 2.57. The smallest absolute Gasteiger partial charge is 0.238 e. The molecule has 3 aromatic rings. The van der Waals surface area contributed by atoms with Gasteiger partial charge in [0.1, 0.15) is 11.3 Å². The molecule has 0 saturated heterocycles. The monoisotopic (exact) mass is 286 g/mol.